The van der Waals surface area contributed by atoms with Crippen molar-refractivity contribution in [3.05, 3.63) is 16.1 Å². The maximum atomic E-state index is 5.78. The van der Waals surface area contributed by atoms with Gasteiger partial charge in [-0.1, -0.05) is 19.3 Å². The molecule has 2 rings (SSSR count). The fourth-order valence-electron chi connectivity index (χ4n) is 2.45. The number of hydrogen-bond acceptors (Lipinski definition) is 3. The standard InChI is InChI=1S/C14H22ClNOS/c15-9-13-11-18-14(16-13)7-4-8-17-10-12-5-2-1-3-6-12/h11-12H,1-10H2. The summed E-state index contributed by atoms with van der Waals surface area (Å²) in [4.78, 5) is 4.45. The van der Waals surface area contributed by atoms with Gasteiger partial charge in [-0.05, 0) is 25.2 Å². The number of rotatable bonds is 7. The molecular weight excluding hydrogens is 266 g/mol. The second-order valence-electron chi connectivity index (χ2n) is 5.05. The largest absolute Gasteiger partial charge is 0.381 e. The minimum absolute atomic E-state index is 0.523. The fourth-order valence-corrected chi connectivity index (χ4v) is 3.52. The number of alkyl halides is 1. The number of halogens is 1. The normalized spacial score (nSPS) is 17.2. The Morgan fingerprint density at radius 1 is 1.33 bits per heavy atom. The highest BCUT2D eigenvalue weighted by atomic mass is 35.5. The van der Waals surface area contributed by atoms with Crippen molar-refractivity contribution in [2.45, 2.75) is 50.8 Å². The molecule has 1 aliphatic carbocycles. The van der Waals surface area contributed by atoms with E-state index in [2.05, 4.69) is 4.98 Å². The molecule has 0 N–H and O–H groups in total. The summed E-state index contributed by atoms with van der Waals surface area (Å²) < 4.78 is 5.78. The lowest BCUT2D eigenvalue weighted by atomic mass is 9.90. The Balaban J connectivity index is 1.52. The molecular formula is C14H22ClNOS. The second-order valence-corrected chi connectivity index (χ2v) is 6.26. The highest BCUT2D eigenvalue weighted by Gasteiger charge is 2.13. The quantitative estimate of drug-likeness (QED) is 0.547. The molecule has 1 saturated carbocycles. The first kappa shape index (κ1) is 14.3. The van der Waals surface area contributed by atoms with Crippen LogP contribution in [0.5, 0.6) is 0 Å². The third-order valence-electron chi connectivity index (χ3n) is 3.49. The maximum Gasteiger partial charge on any atom is 0.0929 e. The molecule has 1 aliphatic rings. The topological polar surface area (TPSA) is 22.1 Å². The summed E-state index contributed by atoms with van der Waals surface area (Å²) in [5.74, 6) is 1.34. The first-order valence-corrected chi connectivity index (χ1v) is 8.37. The summed E-state index contributed by atoms with van der Waals surface area (Å²) >= 11 is 7.44. The van der Waals surface area contributed by atoms with E-state index in [1.807, 2.05) is 5.38 Å². The van der Waals surface area contributed by atoms with Crippen molar-refractivity contribution in [3.63, 3.8) is 0 Å². The molecule has 0 amide bonds. The first-order valence-electron chi connectivity index (χ1n) is 6.95. The van der Waals surface area contributed by atoms with Crippen molar-refractivity contribution in [2.75, 3.05) is 13.2 Å². The second kappa shape index (κ2) is 8.13. The van der Waals surface area contributed by atoms with Crippen molar-refractivity contribution < 1.29 is 4.74 Å². The lowest BCUT2D eigenvalue weighted by Crippen LogP contribution is -2.13. The molecule has 0 saturated heterocycles. The van der Waals surface area contributed by atoms with Crippen LogP contribution >= 0.6 is 22.9 Å². The molecule has 0 aliphatic heterocycles. The van der Waals surface area contributed by atoms with E-state index in [1.165, 1.54) is 37.1 Å². The summed E-state index contributed by atoms with van der Waals surface area (Å²) in [6.45, 7) is 1.83. The Hall–Kier alpha value is -0.120. The molecule has 1 aromatic heterocycles. The zero-order chi connectivity index (χ0) is 12.6. The molecule has 0 spiro atoms. The Kier molecular flexibility index (Phi) is 6.46. The summed E-state index contributed by atoms with van der Waals surface area (Å²) in [6, 6.07) is 0. The maximum absolute atomic E-state index is 5.78. The van der Waals surface area contributed by atoms with Crippen molar-refractivity contribution in [2.24, 2.45) is 5.92 Å². The molecule has 0 aromatic carbocycles. The summed E-state index contributed by atoms with van der Waals surface area (Å²) in [5, 5.41) is 3.23. The minimum Gasteiger partial charge on any atom is -0.381 e. The SMILES string of the molecule is ClCc1csc(CCCOCC2CCCCC2)n1. The van der Waals surface area contributed by atoms with E-state index in [4.69, 9.17) is 16.3 Å². The smallest absolute Gasteiger partial charge is 0.0929 e. The highest BCUT2D eigenvalue weighted by Crippen LogP contribution is 2.23. The van der Waals surface area contributed by atoms with Crippen LogP contribution in [0.1, 0.15) is 49.2 Å². The van der Waals surface area contributed by atoms with Gasteiger partial charge in [0, 0.05) is 25.0 Å². The predicted octanol–water partition coefficient (Wildman–Crippen LogP) is 4.41. The van der Waals surface area contributed by atoms with Gasteiger partial charge in [-0.3, -0.25) is 0 Å². The lowest BCUT2D eigenvalue weighted by molar-refractivity contribution is 0.0838. The van der Waals surface area contributed by atoms with Gasteiger partial charge in [-0.2, -0.15) is 0 Å². The van der Waals surface area contributed by atoms with Crippen LogP contribution in [0.2, 0.25) is 0 Å². The molecule has 1 heterocycles. The van der Waals surface area contributed by atoms with Gasteiger partial charge in [0.1, 0.15) is 0 Å². The van der Waals surface area contributed by atoms with Gasteiger partial charge < -0.3 is 4.74 Å². The zero-order valence-electron chi connectivity index (χ0n) is 10.9. The van der Waals surface area contributed by atoms with Gasteiger partial charge in [0.2, 0.25) is 0 Å². The molecule has 1 fully saturated rings. The number of hydrogen-bond donors (Lipinski definition) is 0. The van der Waals surface area contributed by atoms with Gasteiger partial charge in [0.25, 0.3) is 0 Å². The highest BCUT2D eigenvalue weighted by molar-refractivity contribution is 7.09. The molecule has 0 bridgehead atoms. The average Bonchev–Trinajstić information content (AvgIpc) is 2.87. The van der Waals surface area contributed by atoms with E-state index < -0.39 is 0 Å². The molecule has 102 valence electrons. The third kappa shape index (κ3) is 4.87. The molecule has 0 atom stereocenters. The first-order chi connectivity index (χ1) is 8.88. The molecule has 1 aromatic rings. The Labute approximate surface area is 119 Å². The fraction of sp³-hybridized carbons (Fsp3) is 0.786. The Bertz CT molecular complexity index is 336. The van der Waals surface area contributed by atoms with Gasteiger partial charge in [-0.25, -0.2) is 4.98 Å². The van der Waals surface area contributed by atoms with Crippen molar-refractivity contribution in [1.29, 1.82) is 0 Å². The number of ether oxygens (including phenoxy) is 1. The molecule has 18 heavy (non-hydrogen) atoms. The molecule has 0 unspecified atom stereocenters. The van der Waals surface area contributed by atoms with Crippen LogP contribution in [0.25, 0.3) is 0 Å². The van der Waals surface area contributed by atoms with Crippen LogP contribution in [0.4, 0.5) is 0 Å². The molecule has 0 radical (unpaired) electrons. The van der Waals surface area contributed by atoms with Crippen LogP contribution in [-0.4, -0.2) is 18.2 Å². The number of aryl methyl sites for hydroxylation is 1. The van der Waals surface area contributed by atoms with Crippen LogP contribution in [0.3, 0.4) is 0 Å². The van der Waals surface area contributed by atoms with E-state index in [-0.39, 0.29) is 0 Å². The van der Waals surface area contributed by atoms with Crippen LogP contribution in [-0.2, 0) is 17.0 Å². The van der Waals surface area contributed by atoms with Gasteiger partial charge in [0.05, 0.1) is 16.6 Å². The average molecular weight is 288 g/mol. The summed E-state index contributed by atoms with van der Waals surface area (Å²) in [6.07, 6.45) is 9.04. The van der Waals surface area contributed by atoms with Crippen LogP contribution in [0, 0.1) is 5.92 Å². The van der Waals surface area contributed by atoms with Crippen LogP contribution in [0.15, 0.2) is 5.38 Å². The number of aromatic nitrogens is 1. The monoisotopic (exact) mass is 287 g/mol. The van der Waals surface area contributed by atoms with E-state index >= 15 is 0 Å². The third-order valence-corrected chi connectivity index (χ3v) is 4.73. The Morgan fingerprint density at radius 3 is 2.89 bits per heavy atom. The summed E-state index contributed by atoms with van der Waals surface area (Å²) in [5.41, 5.74) is 1.000. The van der Waals surface area contributed by atoms with E-state index in [0.717, 1.165) is 37.7 Å². The minimum atomic E-state index is 0.523. The van der Waals surface area contributed by atoms with E-state index in [9.17, 15) is 0 Å². The van der Waals surface area contributed by atoms with Crippen molar-refractivity contribution in [3.8, 4) is 0 Å². The lowest BCUT2D eigenvalue weighted by Gasteiger charge is -2.21. The van der Waals surface area contributed by atoms with Crippen molar-refractivity contribution >= 4 is 22.9 Å². The van der Waals surface area contributed by atoms with Gasteiger partial charge in [-0.15, -0.1) is 22.9 Å². The number of nitrogens with zero attached hydrogens (tertiary/aromatic N) is 1. The van der Waals surface area contributed by atoms with E-state index in [1.54, 1.807) is 11.3 Å². The Morgan fingerprint density at radius 2 is 2.17 bits per heavy atom. The predicted molar refractivity (Wildman–Crippen MR) is 77.4 cm³/mol. The zero-order valence-corrected chi connectivity index (χ0v) is 12.4. The van der Waals surface area contributed by atoms with Gasteiger partial charge in [0.15, 0.2) is 0 Å². The van der Waals surface area contributed by atoms with E-state index in [0.29, 0.717) is 5.88 Å². The van der Waals surface area contributed by atoms with Gasteiger partial charge >= 0.3 is 0 Å². The molecule has 4 heteroatoms. The molecule has 2 nitrogen and oxygen atoms in total. The summed E-state index contributed by atoms with van der Waals surface area (Å²) in [7, 11) is 0. The number of thiazole rings is 1. The van der Waals surface area contributed by atoms with Crippen LogP contribution < -0.4 is 0 Å². The van der Waals surface area contributed by atoms with Crippen molar-refractivity contribution in [1.82, 2.24) is 4.98 Å².